The van der Waals surface area contributed by atoms with E-state index in [4.69, 9.17) is 9.40 Å². The van der Waals surface area contributed by atoms with E-state index in [9.17, 15) is 0 Å². The lowest BCUT2D eigenvalue weighted by Gasteiger charge is -2.09. The topological polar surface area (TPSA) is 40.3 Å². The molecule has 5 aromatic carbocycles. The van der Waals surface area contributed by atoms with Gasteiger partial charge in [-0.2, -0.15) is 0 Å². The Balaban J connectivity index is 1.44. The third-order valence-electron chi connectivity index (χ3n) is 7.65. The van der Waals surface area contributed by atoms with Crippen molar-refractivity contribution in [1.29, 1.82) is 0 Å². The first kappa shape index (κ1) is 19.8. The number of nitrogens with zero attached hydrogens (tertiary/aromatic N) is 4. The molecule has 0 aliphatic carbocycles. The molecule has 0 saturated heterocycles. The molecule has 0 amide bonds. The zero-order chi connectivity index (χ0) is 24.8. The summed E-state index contributed by atoms with van der Waals surface area (Å²) in [7, 11) is 0. The number of furan rings is 1. The van der Waals surface area contributed by atoms with Crippen LogP contribution in [-0.4, -0.2) is 18.5 Å². The van der Waals surface area contributed by atoms with Crippen LogP contribution < -0.4 is 0 Å². The number of aromatic nitrogens is 4. The van der Waals surface area contributed by atoms with E-state index in [1.807, 2.05) is 24.3 Å². The maximum atomic E-state index is 6.45. The first-order chi connectivity index (χ1) is 18.9. The first-order valence-electron chi connectivity index (χ1n) is 12.7. The Morgan fingerprint density at radius 3 is 2.13 bits per heavy atom. The van der Waals surface area contributed by atoms with Gasteiger partial charge in [0.15, 0.2) is 0 Å². The molecular formula is C33H20N4O. The molecule has 0 aliphatic heterocycles. The molecule has 5 heteroatoms. The Labute approximate surface area is 216 Å². The molecular weight excluding hydrogens is 468 g/mol. The molecule has 0 N–H and O–H groups in total. The first-order valence-corrected chi connectivity index (χ1v) is 12.7. The summed E-state index contributed by atoms with van der Waals surface area (Å²) in [6.07, 6.45) is 0. The average molecular weight is 489 g/mol. The number of fused-ring (bicyclic) bond motifs is 10. The Morgan fingerprint density at radius 1 is 0.526 bits per heavy atom. The van der Waals surface area contributed by atoms with E-state index in [0.29, 0.717) is 0 Å². The van der Waals surface area contributed by atoms with E-state index in [1.165, 1.54) is 21.8 Å². The van der Waals surface area contributed by atoms with E-state index >= 15 is 0 Å². The van der Waals surface area contributed by atoms with Crippen LogP contribution >= 0.6 is 0 Å². The number of rotatable bonds is 2. The number of para-hydroxylation sites is 5. The molecule has 5 nitrogen and oxygen atoms in total. The second-order valence-corrected chi connectivity index (χ2v) is 9.71. The van der Waals surface area contributed by atoms with Crippen LogP contribution in [0.15, 0.2) is 126 Å². The van der Waals surface area contributed by atoms with Crippen LogP contribution in [0.3, 0.4) is 0 Å². The van der Waals surface area contributed by atoms with Gasteiger partial charge in [-0.15, -0.1) is 0 Å². The quantitative estimate of drug-likeness (QED) is 0.246. The zero-order valence-corrected chi connectivity index (χ0v) is 20.2. The molecule has 9 rings (SSSR count). The van der Waals surface area contributed by atoms with Gasteiger partial charge in [-0.05, 0) is 60.7 Å². The second-order valence-electron chi connectivity index (χ2n) is 9.71. The summed E-state index contributed by atoms with van der Waals surface area (Å²) in [4.78, 5) is 5.06. The fraction of sp³-hybridized carbons (Fsp3) is 0. The number of imidazole rings is 2. The summed E-state index contributed by atoms with van der Waals surface area (Å²) in [5.74, 6) is 0.844. The van der Waals surface area contributed by atoms with Crippen molar-refractivity contribution in [3.8, 4) is 11.4 Å². The van der Waals surface area contributed by atoms with Crippen molar-refractivity contribution in [1.82, 2.24) is 18.5 Å². The monoisotopic (exact) mass is 488 g/mol. The van der Waals surface area contributed by atoms with Gasteiger partial charge in [-0.25, -0.2) is 9.38 Å². The lowest BCUT2D eigenvalue weighted by molar-refractivity contribution is 0.651. The second kappa shape index (κ2) is 7.14. The molecule has 0 bridgehead atoms. The van der Waals surface area contributed by atoms with Crippen LogP contribution in [0, 0.1) is 0 Å². The summed E-state index contributed by atoms with van der Waals surface area (Å²) in [5.41, 5.74) is 9.25. The molecule has 0 fully saturated rings. The highest BCUT2D eigenvalue weighted by molar-refractivity contribution is 6.11. The summed E-state index contributed by atoms with van der Waals surface area (Å²) in [5, 5.41) is 3.49. The lowest BCUT2D eigenvalue weighted by atomic mass is 10.1. The van der Waals surface area contributed by atoms with Gasteiger partial charge in [-0.1, -0.05) is 60.7 Å². The largest absolute Gasteiger partial charge is 0.437 e. The smallest absolute Gasteiger partial charge is 0.232 e. The molecule has 0 spiro atoms. The molecule has 0 atom stereocenters. The molecule has 0 radical (unpaired) electrons. The van der Waals surface area contributed by atoms with E-state index in [0.717, 1.165) is 50.4 Å². The van der Waals surface area contributed by atoms with E-state index in [-0.39, 0.29) is 0 Å². The van der Waals surface area contributed by atoms with Crippen molar-refractivity contribution in [3.05, 3.63) is 121 Å². The van der Waals surface area contributed by atoms with Gasteiger partial charge in [0.25, 0.3) is 0 Å². The van der Waals surface area contributed by atoms with Crippen LogP contribution in [0.5, 0.6) is 0 Å². The Kier molecular flexibility index (Phi) is 3.73. The minimum Gasteiger partial charge on any atom is -0.437 e. The van der Waals surface area contributed by atoms with Crippen LogP contribution in [0.1, 0.15) is 0 Å². The summed E-state index contributed by atoms with van der Waals surface area (Å²) in [6, 6.07) is 42.3. The predicted octanol–water partition coefficient (Wildman–Crippen LogP) is 8.27. The predicted molar refractivity (Wildman–Crippen MR) is 154 cm³/mol. The SMILES string of the molecule is c1ccc(-n2c3ccccc3c3cc(-n4c5c6ccccc6oc5n5c6ccccc6nc45)ccc32)cc1. The van der Waals surface area contributed by atoms with Gasteiger partial charge in [0.05, 0.1) is 27.8 Å². The Bertz CT molecular complexity index is 2350. The molecule has 38 heavy (non-hydrogen) atoms. The van der Waals surface area contributed by atoms with Crippen LogP contribution in [0.2, 0.25) is 0 Å². The van der Waals surface area contributed by atoms with E-state index in [2.05, 4.69) is 111 Å². The number of hydrogen-bond acceptors (Lipinski definition) is 2. The summed E-state index contributed by atoms with van der Waals surface area (Å²) >= 11 is 0. The average Bonchev–Trinajstić information content (AvgIpc) is 3.69. The third kappa shape index (κ3) is 2.47. The van der Waals surface area contributed by atoms with Crippen LogP contribution in [-0.2, 0) is 0 Å². The number of hydrogen-bond donors (Lipinski definition) is 0. The van der Waals surface area contributed by atoms with Crippen molar-refractivity contribution in [2.24, 2.45) is 0 Å². The Morgan fingerprint density at radius 2 is 1.24 bits per heavy atom. The van der Waals surface area contributed by atoms with Gasteiger partial charge in [0.2, 0.25) is 11.5 Å². The maximum Gasteiger partial charge on any atom is 0.232 e. The van der Waals surface area contributed by atoms with E-state index in [1.54, 1.807) is 0 Å². The van der Waals surface area contributed by atoms with Crippen molar-refractivity contribution in [3.63, 3.8) is 0 Å². The molecule has 9 aromatic rings. The normalized spacial score (nSPS) is 12.2. The maximum absolute atomic E-state index is 6.45. The van der Waals surface area contributed by atoms with Gasteiger partial charge < -0.3 is 8.98 Å². The molecule has 0 saturated carbocycles. The highest BCUT2D eigenvalue weighted by atomic mass is 16.3. The minimum atomic E-state index is 0.807. The molecule has 4 heterocycles. The van der Waals surface area contributed by atoms with Gasteiger partial charge >= 0.3 is 0 Å². The van der Waals surface area contributed by atoms with Crippen molar-refractivity contribution in [2.45, 2.75) is 0 Å². The fourth-order valence-corrected chi connectivity index (χ4v) is 6.05. The lowest BCUT2D eigenvalue weighted by Crippen LogP contribution is -1.96. The summed E-state index contributed by atoms with van der Waals surface area (Å²) in [6.45, 7) is 0. The highest BCUT2D eigenvalue weighted by Crippen LogP contribution is 2.38. The van der Waals surface area contributed by atoms with Crippen LogP contribution in [0.25, 0.3) is 72.2 Å². The van der Waals surface area contributed by atoms with Crippen molar-refractivity contribution < 1.29 is 4.42 Å². The third-order valence-corrected chi connectivity index (χ3v) is 7.65. The number of benzene rings is 5. The van der Waals surface area contributed by atoms with Crippen molar-refractivity contribution in [2.75, 3.05) is 0 Å². The van der Waals surface area contributed by atoms with Gasteiger partial charge in [-0.3, -0.25) is 4.57 Å². The fourth-order valence-electron chi connectivity index (χ4n) is 6.05. The highest BCUT2D eigenvalue weighted by Gasteiger charge is 2.23. The molecule has 4 aromatic heterocycles. The minimum absolute atomic E-state index is 0.807. The Hall–Kier alpha value is -5.29. The molecule has 178 valence electrons. The van der Waals surface area contributed by atoms with Gasteiger partial charge in [0.1, 0.15) is 11.1 Å². The van der Waals surface area contributed by atoms with E-state index < -0.39 is 0 Å². The summed E-state index contributed by atoms with van der Waals surface area (Å²) < 4.78 is 13.2. The standard InChI is InChI=1S/C33H20N4O/c1-2-10-21(11-3-1)35-27-15-7-4-12-23(27)25-20-22(18-19-28(25)35)36-31-24-13-5-9-17-30(24)38-32(31)37-29-16-8-6-14-26(29)34-33(36)37/h1-20H. The molecule has 0 aliphatic rings. The van der Waals surface area contributed by atoms with Crippen molar-refractivity contribution >= 4 is 60.8 Å². The van der Waals surface area contributed by atoms with Crippen LogP contribution in [0.4, 0.5) is 0 Å². The zero-order valence-electron chi connectivity index (χ0n) is 20.2. The molecule has 0 unspecified atom stereocenters. The van der Waals surface area contributed by atoms with Gasteiger partial charge in [0, 0.05) is 21.8 Å².